The van der Waals surface area contributed by atoms with Gasteiger partial charge in [0.1, 0.15) is 23.0 Å². The zero-order chi connectivity index (χ0) is 33.2. The van der Waals surface area contributed by atoms with Gasteiger partial charge in [-0.1, -0.05) is 121 Å². The van der Waals surface area contributed by atoms with Crippen LogP contribution in [-0.4, -0.2) is 6.71 Å². The van der Waals surface area contributed by atoms with Crippen molar-refractivity contribution in [2.75, 3.05) is 0 Å². The molecule has 2 heterocycles. The third kappa shape index (κ3) is 4.72. The first-order chi connectivity index (χ1) is 24.0. The van der Waals surface area contributed by atoms with E-state index in [1.807, 2.05) is 0 Å². The number of benzene rings is 7. The van der Waals surface area contributed by atoms with Crippen LogP contribution in [0.25, 0.3) is 44.5 Å². The Labute approximate surface area is 288 Å². The van der Waals surface area contributed by atoms with Crippen molar-refractivity contribution in [3.8, 4) is 67.5 Å². The zero-order valence-electron chi connectivity index (χ0n) is 28.2. The third-order valence-electron chi connectivity index (χ3n) is 10.4. The summed E-state index contributed by atoms with van der Waals surface area (Å²) in [5.41, 5.74) is 17.5. The maximum Gasteiger partial charge on any atom is 0.260 e. The summed E-state index contributed by atoms with van der Waals surface area (Å²) < 4.78 is 14.3. The van der Waals surface area contributed by atoms with Gasteiger partial charge in [-0.05, 0) is 112 Å². The maximum absolute atomic E-state index is 7.13. The van der Waals surface area contributed by atoms with Gasteiger partial charge in [0.2, 0.25) is 0 Å². The number of ether oxygens (including phenoxy) is 2. The van der Waals surface area contributed by atoms with E-state index in [-0.39, 0.29) is 6.71 Å². The fourth-order valence-corrected chi connectivity index (χ4v) is 7.85. The van der Waals surface area contributed by atoms with E-state index in [1.165, 1.54) is 33.4 Å². The summed E-state index contributed by atoms with van der Waals surface area (Å²) in [5.74, 6) is 3.52. The van der Waals surface area contributed by atoms with Gasteiger partial charge in [-0.25, -0.2) is 0 Å². The normalized spacial score (nSPS) is 12.4. The molecular weight excluding hydrogens is 595 g/mol. The zero-order valence-corrected chi connectivity index (χ0v) is 28.2. The minimum absolute atomic E-state index is 0.0684. The van der Waals surface area contributed by atoms with Gasteiger partial charge >= 0.3 is 0 Å². The van der Waals surface area contributed by atoms with Crippen molar-refractivity contribution in [3.05, 3.63) is 162 Å². The van der Waals surface area contributed by atoms with E-state index >= 15 is 0 Å². The Morgan fingerprint density at radius 2 is 0.735 bits per heavy atom. The number of hydrogen-bond acceptors (Lipinski definition) is 2. The lowest BCUT2D eigenvalue weighted by atomic mass is 9.34. The van der Waals surface area contributed by atoms with Gasteiger partial charge < -0.3 is 9.47 Å². The topological polar surface area (TPSA) is 18.5 Å². The highest BCUT2D eigenvalue weighted by molar-refractivity contribution is 6.98. The Bertz CT molecular complexity index is 2290. The second kappa shape index (κ2) is 11.4. The molecular formula is C46H35BO2. The van der Waals surface area contributed by atoms with Gasteiger partial charge in [0.25, 0.3) is 6.71 Å². The molecule has 0 fully saturated rings. The molecule has 0 atom stereocenters. The summed E-state index contributed by atoms with van der Waals surface area (Å²) in [7, 11) is 0. The number of fused-ring (bicyclic) bond motifs is 4. The first-order valence-corrected chi connectivity index (χ1v) is 17.0. The van der Waals surface area contributed by atoms with E-state index in [9.17, 15) is 0 Å². The van der Waals surface area contributed by atoms with E-state index in [0.717, 1.165) is 72.8 Å². The molecule has 9 rings (SSSR count). The minimum atomic E-state index is -0.0684. The van der Waals surface area contributed by atoms with E-state index in [4.69, 9.17) is 9.47 Å². The summed E-state index contributed by atoms with van der Waals surface area (Å²) in [6.07, 6.45) is 0. The van der Waals surface area contributed by atoms with Crippen LogP contribution in [0, 0.1) is 27.7 Å². The second-order valence-corrected chi connectivity index (χ2v) is 13.4. The van der Waals surface area contributed by atoms with Crippen LogP contribution in [-0.2, 0) is 0 Å². The molecule has 49 heavy (non-hydrogen) atoms. The summed E-state index contributed by atoms with van der Waals surface area (Å²) in [6.45, 7) is 8.63. The average Bonchev–Trinajstić information content (AvgIpc) is 3.12. The van der Waals surface area contributed by atoms with Crippen LogP contribution in [0.2, 0.25) is 0 Å². The van der Waals surface area contributed by atoms with Crippen molar-refractivity contribution in [1.29, 1.82) is 0 Å². The summed E-state index contributed by atoms with van der Waals surface area (Å²) in [4.78, 5) is 0. The fraction of sp³-hybridized carbons (Fsp3) is 0.0870. The second-order valence-electron chi connectivity index (χ2n) is 13.4. The Balaban J connectivity index is 1.35. The Hall–Kier alpha value is -5.80. The van der Waals surface area contributed by atoms with Gasteiger partial charge in [0, 0.05) is 16.6 Å². The molecule has 0 aromatic heterocycles. The lowest BCUT2D eigenvalue weighted by Crippen LogP contribution is -2.57. The number of rotatable bonds is 4. The standard InChI is InChI=1S/C46H35BO2/c1-28-13-5-9-17-34(28)32-21-23-40-42(25-32)48-45-38(36-19-11-7-15-30(36)3)27-39(37-20-12-8-16-31(37)4)46-44(45)47(40)41-24-22-33(26-43(41)49-46)35-18-10-6-14-29(35)2/h5-27H,1-4H3. The van der Waals surface area contributed by atoms with E-state index < -0.39 is 0 Å². The van der Waals surface area contributed by atoms with Crippen LogP contribution in [0.5, 0.6) is 23.0 Å². The van der Waals surface area contributed by atoms with E-state index in [0.29, 0.717) is 0 Å². The number of aryl methyl sites for hydroxylation is 4. The molecule has 7 aromatic rings. The van der Waals surface area contributed by atoms with Gasteiger partial charge in [0.15, 0.2) is 0 Å². The molecule has 234 valence electrons. The molecule has 2 nitrogen and oxygen atoms in total. The minimum Gasteiger partial charge on any atom is -0.458 e. The highest BCUT2D eigenvalue weighted by atomic mass is 16.5. The first kappa shape index (κ1) is 29.4. The smallest absolute Gasteiger partial charge is 0.260 e. The van der Waals surface area contributed by atoms with Crippen molar-refractivity contribution < 1.29 is 9.47 Å². The van der Waals surface area contributed by atoms with Crippen molar-refractivity contribution in [1.82, 2.24) is 0 Å². The van der Waals surface area contributed by atoms with Gasteiger partial charge in [-0.3, -0.25) is 0 Å². The maximum atomic E-state index is 7.13. The lowest BCUT2D eigenvalue weighted by molar-refractivity contribution is 0.467. The molecule has 7 aromatic carbocycles. The molecule has 3 heteroatoms. The largest absolute Gasteiger partial charge is 0.458 e. The Morgan fingerprint density at radius 1 is 0.367 bits per heavy atom. The van der Waals surface area contributed by atoms with Crippen molar-refractivity contribution >= 4 is 23.1 Å². The summed E-state index contributed by atoms with van der Waals surface area (Å²) in [5, 5.41) is 0. The Kier molecular flexibility index (Phi) is 6.84. The summed E-state index contributed by atoms with van der Waals surface area (Å²) in [6, 6.07) is 50.1. The molecule has 2 aliphatic heterocycles. The molecule has 0 amide bonds. The molecule has 0 radical (unpaired) electrons. The van der Waals surface area contributed by atoms with E-state index in [1.54, 1.807) is 0 Å². The molecule has 0 aliphatic carbocycles. The van der Waals surface area contributed by atoms with Crippen LogP contribution >= 0.6 is 0 Å². The van der Waals surface area contributed by atoms with Crippen LogP contribution < -0.4 is 25.9 Å². The molecule has 2 aliphatic rings. The molecule has 0 saturated carbocycles. The van der Waals surface area contributed by atoms with Crippen LogP contribution in [0.15, 0.2) is 140 Å². The van der Waals surface area contributed by atoms with Crippen LogP contribution in [0.4, 0.5) is 0 Å². The predicted octanol–water partition coefficient (Wildman–Crippen LogP) is 10.3. The van der Waals surface area contributed by atoms with Crippen LogP contribution in [0.1, 0.15) is 22.3 Å². The molecule has 0 spiro atoms. The van der Waals surface area contributed by atoms with Gasteiger partial charge in [0.05, 0.1) is 0 Å². The molecule has 0 bridgehead atoms. The quantitative estimate of drug-likeness (QED) is 0.180. The average molecular weight is 631 g/mol. The van der Waals surface area contributed by atoms with Gasteiger partial charge in [-0.2, -0.15) is 0 Å². The van der Waals surface area contributed by atoms with E-state index in [2.05, 4.69) is 167 Å². The highest BCUT2D eigenvalue weighted by Gasteiger charge is 2.43. The monoisotopic (exact) mass is 630 g/mol. The molecule has 0 saturated heterocycles. The van der Waals surface area contributed by atoms with Gasteiger partial charge in [-0.15, -0.1) is 0 Å². The Morgan fingerprint density at radius 3 is 1.12 bits per heavy atom. The lowest BCUT2D eigenvalue weighted by Gasteiger charge is -2.36. The number of hydrogen-bond donors (Lipinski definition) is 0. The van der Waals surface area contributed by atoms with Crippen molar-refractivity contribution in [2.24, 2.45) is 0 Å². The van der Waals surface area contributed by atoms with Crippen molar-refractivity contribution in [2.45, 2.75) is 27.7 Å². The summed E-state index contributed by atoms with van der Waals surface area (Å²) >= 11 is 0. The SMILES string of the molecule is Cc1ccccc1-c1ccc2c(c1)Oc1c(-c3ccccc3C)cc(-c3ccccc3C)c3c1B2c1ccc(-c2ccccc2C)cc1O3. The predicted molar refractivity (Wildman–Crippen MR) is 205 cm³/mol. The van der Waals surface area contributed by atoms with Crippen molar-refractivity contribution in [3.63, 3.8) is 0 Å². The molecule has 0 N–H and O–H groups in total. The fourth-order valence-electron chi connectivity index (χ4n) is 7.85. The highest BCUT2D eigenvalue weighted by Crippen LogP contribution is 2.48. The first-order valence-electron chi connectivity index (χ1n) is 17.0. The molecule has 0 unspecified atom stereocenters. The third-order valence-corrected chi connectivity index (χ3v) is 10.4. The van der Waals surface area contributed by atoms with Crippen LogP contribution in [0.3, 0.4) is 0 Å².